The van der Waals surface area contributed by atoms with Crippen molar-refractivity contribution < 1.29 is 10.2 Å². The first-order valence-corrected chi connectivity index (χ1v) is 7.98. The number of hydrogen-bond acceptors (Lipinski definition) is 4. The number of piperidine rings is 1. The summed E-state index contributed by atoms with van der Waals surface area (Å²) in [5.41, 5.74) is 2.76. The van der Waals surface area contributed by atoms with Crippen molar-refractivity contribution in [3.8, 4) is 0 Å². The Bertz CT molecular complexity index is 695. The Balaban J connectivity index is 1.97. The smallest absolute Gasteiger partial charge is 0.248 e. The fraction of sp³-hybridized carbons (Fsp3) is 0.588. The fourth-order valence-corrected chi connectivity index (χ4v) is 5.08. The van der Waals surface area contributed by atoms with Crippen LogP contribution < -0.4 is 5.56 Å². The summed E-state index contributed by atoms with van der Waals surface area (Å²) in [6.45, 7) is 0.884. The monoisotopic (exact) mass is 302 g/mol. The van der Waals surface area contributed by atoms with Crippen LogP contribution in [0.1, 0.15) is 24.1 Å². The Hall–Kier alpha value is -1.43. The molecule has 0 aromatic carbocycles. The Morgan fingerprint density at radius 1 is 1.45 bits per heavy atom. The van der Waals surface area contributed by atoms with Crippen LogP contribution in [0.5, 0.6) is 0 Å². The molecule has 5 nitrogen and oxygen atoms in total. The van der Waals surface area contributed by atoms with E-state index in [9.17, 15) is 15.0 Å². The minimum atomic E-state index is -0.335. The molecular formula is C17H22N2O3. The topological polar surface area (TPSA) is 76.6 Å². The van der Waals surface area contributed by atoms with Crippen LogP contribution in [0.4, 0.5) is 0 Å². The lowest BCUT2D eigenvalue weighted by atomic mass is 9.55. The highest BCUT2D eigenvalue weighted by molar-refractivity contribution is 5.41. The highest BCUT2D eigenvalue weighted by Gasteiger charge is 2.57. The molecule has 5 heteroatoms. The van der Waals surface area contributed by atoms with Crippen LogP contribution in [0, 0.1) is 11.8 Å². The van der Waals surface area contributed by atoms with Crippen molar-refractivity contribution in [3.05, 3.63) is 45.4 Å². The van der Waals surface area contributed by atoms with E-state index in [4.69, 9.17) is 0 Å². The van der Waals surface area contributed by atoms with E-state index in [1.807, 2.05) is 6.07 Å². The van der Waals surface area contributed by atoms with Crippen molar-refractivity contribution in [2.24, 2.45) is 11.8 Å². The highest BCUT2D eigenvalue weighted by atomic mass is 16.3. The minimum Gasteiger partial charge on any atom is -0.393 e. The predicted octanol–water partition coefficient (Wildman–Crippen LogP) is 0.377. The molecule has 2 aliphatic carbocycles. The lowest BCUT2D eigenvalue weighted by Gasteiger charge is -2.60. The molecule has 2 heterocycles. The van der Waals surface area contributed by atoms with E-state index in [2.05, 4.69) is 23.0 Å². The van der Waals surface area contributed by atoms with Gasteiger partial charge in [-0.25, -0.2) is 0 Å². The van der Waals surface area contributed by atoms with Gasteiger partial charge in [0.15, 0.2) is 0 Å². The van der Waals surface area contributed by atoms with Crippen molar-refractivity contribution >= 4 is 0 Å². The minimum absolute atomic E-state index is 0.0631. The SMILES string of the molecule is CN1CC[C@@H](O)[C@@H]2[C@H]3C=C(CO)C[C@]21c1ccc(=O)[nH]c1C3. The molecule has 1 saturated heterocycles. The quantitative estimate of drug-likeness (QED) is 0.656. The van der Waals surface area contributed by atoms with Gasteiger partial charge < -0.3 is 15.2 Å². The molecular weight excluding hydrogens is 280 g/mol. The van der Waals surface area contributed by atoms with Crippen LogP contribution in [0.3, 0.4) is 0 Å². The summed E-state index contributed by atoms with van der Waals surface area (Å²) in [6.07, 6.45) is 4.02. The average Bonchev–Trinajstić information content (AvgIpc) is 2.49. The molecule has 0 saturated carbocycles. The first kappa shape index (κ1) is 14.2. The van der Waals surface area contributed by atoms with Crippen LogP contribution in [-0.2, 0) is 12.0 Å². The maximum atomic E-state index is 11.7. The van der Waals surface area contributed by atoms with Crippen molar-refractivity contribution in [3.63, 3.8) is 0 Å². The Labute approximate surface area is 129 Å². The van der Waals surface area contributed by atoms with Gasteiger partial charge in [0.05, 0.1) is 18.2 Å². The third kappa shape index (κ3) is 1.73. The number of aromatic nitrogens is 1. The number of hydrogen-bond donors (Lipinski definition) is 3. The number of allylic oxidation sites excluding steroid dienone is 1. The lowest BCUT2D eigenvalue weighted by molar-refractivity contribution is -0.103. The molecule has 0 unspecified atom stereocenters. The zero-order valence-electron chi connectivity index (χ0n) is 12.7. The zero-order chi connectivity index (χ0) is 15.5. The summed E-state index contributed by atoms with van der Waals surface area (Å²) in [7, 11) is 2.09. The van der Waals surface area contributed by atoms with Gasteiger partial charge in [0.2, 0.25) is 5.56 Å². The number of pyridine rings is 1. The normalized spacial score (nSPS) is 37.2. The molecule has 0 radical (unpaired) electrons. The second-order valence-corrected chi connectivity index (χ2v) is 6.97. The van der Waals surface area contributed by atoms with E-state index in [0.29, 0.717) is 0 Å². The van der Waals surface area contributed by atoms with Gasteiger partial charge in [0, 0.05) is 24.2 Å². The van der Waals surface area contributed by atoms with Gasteiger partial charge in [-0.2, -0.15) is 0 Å². The van der Waals surface area contributed by atoms with Gasteiger partial charge in [-0.05, 0) is 49.4 Å². The summed E-state index contributed by atoms with van der Waals surface area (Å²) in [6, 6.07) is 3.50. The summed E-state index contributed by atoms with van der Waals surface area (Å²) in [4.78, 5) is 17.0. The summed E-state index contributed by atoms with van der Waals surface area (Å²) in [5, 5.41) is 20.3. The predicted molar refractivity (Wildman–Crippen MR) is 82.5 cm³/mol. The van der Waals surface area contributed by atoms with E-state index >= 15 is 0 Å². The van der Waals surface area contributed by atoms with Gasteiger partial charge in [0.25, 0.3) is 0 Å². The second-order valence-electron chi connectivity index (χ2n) is 6.97. The first-order chi connectivity index (χ1) is 10.6. The molecule has 4 rings (SSSR count). The molecule has 1 aliphatic heterocycles. The number of likely N-dealkylation sites (tertiary alicyclic amines) is 1. The Morgan fingerprint density at radius 3 is 3.05 bits per heavy atom. The summed E-state index contributed by atoms with van der Waals surface area (Å²) >= 11 is 0. The molecule has 0 spiro atoms. The molecule has 118 valence electrons. The van der Waals surface area contributed by atoms with Gasteiger partial charge in [-0.1, -0.05) is 6.08 Å². The largest absolute Gasteiger partial charge is 0.393 e. The number of fused-ring (bicyclic) bond motifs is 1. The summed E-state index contributed by atoms with van der Waals surface area (Å²) in [5.74, 6) is 0.291. The van der Waals surface area contributed by atoms with Crippen molar-refractivity contribution in [1.82, 2.24) is 9.88 Å². The second kappa shape index (κ2) is 4.78. The zero-order valence-corrected chi connectivity index (χ0v) is 12.7. The van der Waals surface area contributed by atoms with Gasteiger partial charge >= 0.3 is 0 Å². The van der Waals surface area contributed by atoms with E-state index in [1.54, 1.807) is 6.07 Å². The van der Waals surface area contributed by atoms with Crippen molar-refractivity contribution in [1.29, 1.82) is 0 Å². The van der Waals surface area contributed by atoms with Crippen molar-refractivity contribution in [2.75, 3.05) is 20.2 Å². The highest BCUT2D eigenvalue weighted by Crippen LogP contribution is 2.56. The molecule has 1 fully saturated rings. The molecule has 3 N–H and O–H groups in total. The molecule has 0 amide bonds. The van der Waals surface area contributed by atoms with Gasteiger partial charge in [0.1, 0.15) is 0 Å². The number of H-pyrrole nitrogens is 1. The van der Waals surface area contributed by atoms with Gasteiger partial charge in [-0.15, -0.1) is 0 Å². The number of aromatic amines is 1. The Morgan fingerprint density at radius 2 is 2.27 bits per heavy atom. The average molecular weight is 302 g/mol. The van der Waals surface area contributed by atoms with Crippen LogP contribution in [0.2, 0.25) is 0 Å². The van der Waals surface area contributed by atoms with Crippen molar-refractivity contribution in [2.45, 2.75) is 30.9 Å². The molecule has 1 aromatic rings. The maximum absolute atomic E-state index is 11.7. The third-order valence-electron chi connectivity index (χ3n) is 5.92. The number of aliphatic hydroxyl groups excluding tert-OH is 2. The first-order valence-electron chi connectivity index (χ1n) is 7.98. The molecule has 3 aliphatic rings. The Kier molecular flexibility index (Phi) is 3.08. The van der Waals surface area contributed by atoms with E-state index < -0.39 is 0 Å². The number of aliphatic hydroxyl groups is 2. The van der Waals surface area contributed by atoms with Crippen LogP contribution in [-0.4, -0.2) is 46.4 Å². The lowest BCUT2D eigenvalue weighted by Crippen LogP contribution is -2.63. The van der Waals surface area contributed by atoms with E-state index in [1.165, 1.54) is 0 Å². The van der Waals surface area contributed by atoms with E-state index in [-0.39, 0.29) is 35.6 Å². The number of nitrogens with one attached hydrogen (secondary N) is 1. The van der Waals surface area contributed by atoms with Crippen LogP contribution in [0.15, 0.2) is 28.6 Å². The van der Waals surface area contributed by atoms with Crippen LogP contribution >= 0.6 is 0 Å². The number of nitrogens with zero attached hydrogens (tertiary/aromatic N) is 1. The third-order valence-corrected chi connectivity index (χ3v) is 5.92. The number of rotatable bonds is 1. The van der Waals surface area contributed by atoms with Crippen LogP contribution in [0.25, 0.3) is 0 Å². The van der Waals surface area contributed by atoms with Gasteiger partial charge in [-0.3, -0.25) is 9.69 Å². The summed E-state index contributed by atoms with van der Waals surface area (Å²) < 4.78 is 0. The molecule has 22 heavy (non-hydrogen) atoms. The molecule has 2 bridgehead atoms. The maximum Gasteiger partial charge on any atom is 0.248 e. The molecule has 4 atom stereocenters. The fourth-order valence-electron chi connectivity index (χ4n) is 5.08. The standard InChI is InChI=1S/C17H22N2O3/c1-19-5-4-14(21)16-11-6-10(9-20)8-17(16,19)12-2-3-15(22)18-13(12)7-11/h2-3,6,11,14,16,20-21H,4-5,7-9H2,1H3,(H,18,22)/t11-,14+,16-,17-/m0/s1. The van der Waals surface area contributed by atoms with E-state index in [0.717, 1.165) is 42.6 Å². The molecule has 1 aromatic heterocycles.